The number of aryl methyl sites for hydroxylation is 2. The Labute approximate surface area is 275 Å². The zero-order valence-corrected chi connectivity index (χ0v) is 28.0. The highest BCUT2D eigenvalue weighted by atomic mass is 19.4. The fourth-order valence-electron chi connectivity index (χ4n) is 8.01. The summed E-state index contributed by atoms with van der Waals surface area (Å²) in [6, 6.07) is 1.97. The molecular weight excluding hydrogens is 617 g/mol. The zero-order chi connectivity index (χ0) is 34.4. The number of nitrogens with one attached hydrogen (secondary N) is 1. The number of amides is 2. The van der Waals surface area contributed by atoms with Gasteiger partial charge in [0.15, 0.2) is 0 Å². The monoisotopic (exact) mass is 668 g/mol. The molecule has 1 atom stereocenters. The number of likely N-dealkylation sites (tertiary alicyclic amines) is 2. The van der Waals surface area contributed by atoms with Crippen molar-refractivity contribution >= 4 is 18.0 Å². The van der Waals surface area contributed by atoms with Crippen molar-refractivity contribution in [2.24, 2.45) is 11.8 Å². The molecule has 4 heterocycles. The van der Waals surface area contributed by atoms with Gasteiger partial charge in [-0.2, -0.15) is 13.2 Å². The van der Waals surface area contributed by atoms with Gasteiger partial charge in [-0.05, 0) is 57.4 Å². The van der Waals surface area contributed by atoms with Crippen LogP contribution in [0, 0.1) is 25.7 Å². The van der Waals surface area contributed by atoms with E-state index in [4.69, 9.17) is 14.6 Å². The first kappa shape index (κ1) is 36.7. The first-order valence-corrected chi connectivity index (χ1v) is 17.3. The fraction of sp³-hybridized carbons (Fsp3) is 0.765. The van der Waals surface area contributed by atoms with Crippen molar-refractivity contribution in [3.8, 4) is 0 Å². The smallest absolute Gasteiger partial charge is 0.475 e. The molecule has 4 aliphatic rings. The quantitative estimate of drug-likeness (QED) is 0.371. The number of aromatic amines is 1. The van der Waals surface area contributed by atoms with Gasteiger partial charge in [-0.1, -0.05) is 39.0 Å². The number of unbranched alkanes of at least 4 members (excludes halogenated alkanes) is 1. The van der Waals surface area contributed by atoms with E-state index in [0.717, 1.165) is 76.9 Å². The van der Waals surface area contributed by atoms with E-state index in [9.17, 15) is 27.6 Å². The molecule has 2 amide bonds. The maximum Gasteiger partial charge on any atom is 0.490 e. The molecule has 1 spiro atoms. The minimum Gasteiger partial charge on any atom is -0.475 e. The molecule has 0 bridgehead atoms. The van der Waals surface area contributed by atoms with Crippen LogP contribution in [0.4, 0.5) is 18.0 Å². The second-order valence-electron chi connectivity index (χ2n) is 13.9. The van der Waals surface area contributed by atoms with Crippen LogP contribution in [0.3, 0.4) is 0 Å². The molecule has 10 nitrogen and oxygen atoms in total. The highest BCUT2D eigenvalue weighted by molar-refractivity contribution is 5.96. The SMILES string of the molecule is CCCCC1CN(CC2CCCCC2)C(=O)OC12CCN(C1CCN(C(=O)c3c(C)cc(=O)[nH]c3C)CC1)CC2.O=C(O)C(F)(F)F. The summed E-state index contributed by atoms with van der Waals surface area (Å²) in [5.74, 6) is -1.68. The molecule has 0 aromatic carbocycles. The predicted molar refractivity (Wildman–Crippen MR) is 170 cm³/mol. The molecule has 1 unspecified atom stereocenters. The average molecular weight is 669 g/mol. The molecular formula is C34H51F3N4O6. The second-order valence-corrected chi connectivity index (χ2v) is 13.9. The van der Waals surface area contributed by atoms with Crippen LogP contribution in [0.25, 0.3) is 0 Å². The Kier molecular flexibility index (Phi) is 12.4. The molecule has 3 aliphatic heterocycles. The van der Waals surface area contributed by atoms with E-state index in [2.05, 4.69) is 16.8 Å². The van der Waals surface area contributed by atoms with Crippen molar-refractivity contribution < 1.29 is 37.4 Å². The van der Waals surface area contributed by atoms with Crippen LogP contribution in [0.5, 0.6) is 0 Å². The maximum absolute atomic E-state index is 13.3. The summed E-state index contributed by atoms with van der Waals surface area (Å²) in [6.07, 6.45) is 8.50. The number of carboxylic acids is 1. The van der Waals surface area contributed by atoms with Crippen LogP contribution in [0.15, 0.2) is 10.9 Å². The number of piperidine rings is 2. The lowest BCUT2D eigenvalue weighted by Gasteiger charge is -2.52. The lowest BCUT2D eigenvalue weighted by atomic mass is 9.75. The summed E-state index contributed by atoms with van der Waals surface area (Å²) in [5, 5.41) is 7.12. The van der Waals surface area contributed by atoms with Gasteiger partial charge in [0.2, 0.25) is 5.56 Å². The Bertz CT molecular complexity index is 1270. The number of hydrogen-bond acceptors (Lipinski definition) is 6. The molecule has 264 valence electrons. The van der Waals surface area contributed by atoms with Crippen molar-refractivity contribution in [2.75, 3.05) is 39.3 Å². The standard InChI is InChI=1S/C32H50N4O4.C2HF3O2/c1-4-5-11-26-22-36(21-25-9-7-6-8-10-25)31(39)40-32(26)14-18-34(19-15-32)27-12-16-35(17-13-27)30(38)29-23(2)20-28(37)33-24(29)3;3-2(4,5)1(6)7/h20,25-27H,4-19,21-22H2,1-3H3,(H,33,37);(H,6,7). The third-order valence-electron chi connectivity index (χ3n) is 10.6. The molecule has 4 fully saturated rings. The number of halogens is 3. The van der Waals surface area contributed by atoms with Gasteiger partial charge in [0.25, 0.3) is 5.91 Å². The lowest BCUT2D eigenvalue weighted by molar-refractivity contribution is -0.192. The van der Waals surface area contributed by atoms with E-state index < -0.39 is 12.1 Å². The third-order valence-corrected chi connectivity index (χ3v) is 10.6. The van der Waals surface area contributed by atoms with E-state index in [1.165, 1.54) is 51.0 Å². The van der Waals surface area contributed by atoms with Crippen LogP contribution in [-0.2, 0) is 9.53 Å². The van der Waals surface area contributed by atoms with Gasteiger partial charge in [-0.3, -0.25) is 14.5 Å². The number of ether oxygens (including phenoxy) is 1. The average Bonchev–Trinajstić information content (AvgIpc) is 3.02. The highest BCUT2D eigenvalue weighted by Gasteiger charge is 2.50. The molecule has 13 heteroatoms. The molecule has 2 N–H and O–H groups in total. The minimum absolute atomic E-state index is 0.0213. The number of nitrogens with zero attached hydrogens (tertiary/aromatic N) is 3. The van der Waals surface area contributed by atoms with Crippen molar-refractivity contribution in [3.05, 3.63) is 33.2 Å². The molecule has 1 aliphatic carbocycles. The van der Waals surface area contributed by atoms with Crippen LogP contribution < -0.4 is 5.56 Å². The number of aromatic nitrogens is 1. The largest absolute Gasteiger partial charge is 0.490 e. The molecule has 1 aromatic rings. The number of carboxylic acid groups (broad SMARTS) is 1. The Morgan fingerprint density at radius 3 is 2.19 bits per heavy atom. The van der Waals surface area contributed by atoms with Crippen LogP contribution in [0.2, 0.25) is 0 Å². The molecule has 0 radical (unpaired) electrons. The van der Waals surface area contributed by atoms with E-state index in [0.29, 0.717) is 29.1 Å². The Morgan fingerprint density at radius 2 is 1.64 bits per heavy atom. The van der Waals surface area contributed by atoms with Gasteiger partial charge in [0, 0.05) is 75.8 Å². The predicted octanol–water partition coefficient (Wildman–Crippen LogP) is 5.90. The summed E-state index contributed by atoms with van der Waals surface area (Å²) < 4.78 is 38.2. The van der Waals surface area contributed by atoms with E-state index in [1.54, 1.807) is 6.92 Å². The van der Waals surface area contributed by atoms with Crippen molar-refractivity contribution in [1.82, 2.24) is 19.7 Å². The number of H-pyrrole nitrogens is 1. The number of hydrogen-bond donors (Lipinski definition) is 2. The minimum atomic E-state index is -5.08. The van der Waals surface area contributed by atoms with Gasteiger partial charge < -0.3 is 24.6 Å². The molecule has 3 saturated heterocycles. The first-order chi connectivity index (χ1) is 22.2. The Morgan fingerprint density at radius 1 is 1.02 bits per heavy atom. The van der Waals surface area contributed by atoms with Crippen LogP contribution in [0.1, 0.15) is 106 Å². The summed E-state index contributed by atoms with van der Waals surface area (Å²) >= 11 is 0. The second kappa shape index (κ2) is 15.9. The molecule has 1 saturated carbocycles. The van der Waals surface area contributed by atoms with Crippen molar-refractivity contribution in [3.63, 3.8) is 0 Å². The molecule has 47 heavy (non-hydrogen) atoms. The van der Waals surface area contributed by atoms with E-state index >= 15 is 0 Å². The summed E-state index contributed by atoms with van der Waals surface area (Å²) in [5.41, 5.74) is 1.54. The van der Waals surface area contributed by atoms with Gasteiger partial charge in [-0.25, -0.2) is 9.59 Å². The zero-order valence-electron chi connectivity index (χ0n) is 28.0. The van der Waals surface area contributed by atoms with E-state index in [1.807, 2.05) is 16.7 Å². The van der Waals surface area contributed by atoms with Crippen molar-refractivity contribution in [2.45, 2.75) is 116 Å². The third kappa shape index (κ3) is 9.29. The van der Waals surface area contributed by atoms with Gasteiger partial charge in [0.05, 0.1) is 5.56 Å². The van der Waals surface area contributed by atoms with Gasteiger partial charge >= 0.3 is 18.2 Å². The van der Waals surface area contributed by atoms with Gasteiger partial charge in [-0.15, -0.1) is 0 Å². The number of rotatable bonds is 7. The topological polar surface area (TPSA) is 123 Å². The van der Waals surface area contributed by atoms with Crippen LogP contribution >= 0.6 is 0 Å². The first-order valence-electron chi connectivity index (χ1n) is 17.3. The fourth-order valence-corrected chi connectivity index (χ4v) is 8.01. The number of carbonyl (C=O) groups is 3. The molecule has 1 aromatic heterocycles. The number of alkyl halides is 3. The van der Waals surface area contributed by atoms with E-state index in [-0.39, 0.29) is 23.2 Å². The van der Waals surface area contributed by atoms with Gasteiger partial charge in [0.1, 0.15) is 5.60 Å². The lowest BCUT2D eigenvalue weighted by Crippen LogP contribution is -2.61. The summed E-state index contributed by atoms with van der Waals surface area (Å²) in [7, 11) is 0. The van der Waals surface area contributed by atoms with Crippen LogP contribution in [-0.4, -0.2) is 99.8 Å². The maximum atomic E-state index is 13.3. The highest BCUT2D eigenvalue weighted by Crippen LogP contribution is 2.42. The van der Waals surface area contributed by atoms with Crippen molar-refractivity contribution in [1.29, 1.82) is 0 Å². The summed E-state index contributed by atoms with van der Waals surface area (Å²) in [6.45, 7) is 11.0. The number of aliphatic carboxylic acids is 1. The summed E-state index contributed by atoms with van der Waals surface area (Å²) in [4.78, 5) is 56.6. The molecule has 5 rings (SSSR count). The Balaban J connectivity index is 0.000000644. The normalized spacial score (nSPS) is 22.9. The number of carbonyl (C=O) groups excluding carboxylic acids is 2. The number of pyridine rings is 1. The Hall–Kier alpha value is -3.09.